The second kappa shape index (κ2) is 7.58. The largest absolute Gasteiger partial charge is 0.338 e. The maximum absolute atomic E-state index is 4.29. The second-order valence-electron chi connectivity index (χ2n) is 6.15. The van der Waals surface area contributed by atoms with Crippen molar-refractivity contribution >= 4 is 46.5 Å². The van der Waals surface area contributed by atoms with Crippen LogP contribution in [0.5, 0.6) is 0 Å². The lowest BCUT2D eigenvalue weighted by molar-refractivity contribution is 1.19. The maximum atomic E-state index is 4.29. The molecule has 2 N–H and O–H groups in total. The van der Waals surface area contributed by atoms with Gasteiger partial charge in [0.05, 0.1) is 21.2 Å². The minimum atomic E-state index is 0.955. The molecule has 28 heavy (non-hydrogen) atoms. The van der Waals surface area contributed by atoms with E-state index in [0.717, 1.165) is 23.0 Å². The van der Waals surface area contributed by atoms with Gasteiger partial charge in [-0.05, 0) is 48.5 Å². The first-order valence-electron chi connectivity index (χ1n) is 8.85. The Morgan fingerprint density at radius 3 is 1.43 bits per heavy atom. The van der Waals surface area contributed by atoms with Crippen LogP contribution in [0.15, 0.2) is 105 Å². The predicted molar refractivity (Wildman–Crippen MR) is 116 cm³/mol. The highest BCUT2D eigenvalue weighted by atomic mass is 32.2. The molecule has 136 valence electrons. The lowest BCUT2D eigenvalue weighted by Gasteiger charge is -2.18. The van der Waals surface area contributed by atoms with Crippen LogP contribution in [-0.2, 0) is 0 Å². The van der Waals surface area contributed by atoms with Gasteiger partial charge >= 0.3 is 0 Å². The number of para-hydroxylation sites is 2. The Morgan fingerprint density at radius 1 is 0.500 bits per heavy atom. The third-order valence-electron chi connectivity index (χ3n) is 4.26. The smallest absolute Gasteiger partial charge is 0.144 e. The second-order valence-corrected chi connectivity index (χ2v) is 8.31. The summed E-state index contributed by atoms with van der Waals surface area (Å²) in [6.07, 6.45) is 3.61. The summed E-state index contributed by atoms with van der Waals surface area (Å²) in [6, 6.07) is 24.6. The Bertz CT molecular complexity index is 880. The van der Waals surface area contributed by atoms with Gasteiger partial charge in [0.2, 0.25) is 0 Å². The van der Waals surface area contributed by atoms with Crippen molar-refractivity contribution in [2.45, 2.75) is 19.6 Å². The molecule has 0 aliphatic carbocycles. The van der Waals surface area contributed by atoms with E-state index in [1.807, 2.05) is 24.3 Å². The molecule has 6 rings (SSSR count). The van der Waals surface area contributed by atoms with Crippen molar-refractivity contribution in [2.24, 2.45) is 0 Å². The van der Waals surface area contributed by atoms with Crippen LogP contribution in [0.1, 0.15) is 0 Å². The molecule has 0 bridgehead atoms. The van der Waals surface area contributed by atoms with Crippen LogP contribution in [0.2, 0.25) is 0 Å². The quantitative estimate of drug-likeness (QED) is 0.300. The van der Waals surface area contributed by atoms with Gasteiger partial charge in [0, 0.05) is 22.2 Å². The van der Waals surface area contributed by atoms with Crippen molar-refractivity contribution < 1.29 is 0 Å². The number of benzene rings is 2. The van der Waals surface area contributed by atoms with Crippen LogP contribution in [0.25, 0.3) is 0 Å². The fourth-order valence-electron chi connectivity index (χ4n) is 2.94. The number of rotatable bonds is 0. The molecular weight excluding hydrogens is 384 g/mol. The third-order valence-corrected chi connectivity index (χ3v) is 6.51. The highest BCUT2D eigenvalue weighted by Gasteiger charge is 2.15. The van der Waals surface area contributed by atoms with E-state index in [-0.39, 0.29) is 0 Å². The topological polar surface area (TPSA) is 49.8 Å². The van der Waals surface area contributed by atoms with E-state index in [9.17, 15) is 0 Å². The molecule has 4 nitrogen and oxygen atoms in total. The summed E-state index contributed by atoms with van der Waals surface area (Å²) in [5, 5.41) is 6.62. The van der Waals surface area contributed by atoms with Crippen LogP contribution in [0.4, 0.5) is 23.0 Å². The van der Waals surface area contributed by atoms with E-state index in [1.165, 1.54) is 19.6 Å². The predicted octanol–water partition coefficient (Wildman–Crippen LogP) is 6.58. The Morgan fingerprint density at radius 2 is 0.929 bits per heavy atom. The minimum absolute atomic E-state index is 0.955. The van der Waals surface area contributed by atoms with Crippen molar-refractivity contribution in [1.29, 1.82) is 0 Å². The number of hydrogen-bond donors (Lipinski definition) is 2. The average Bonchev–Trinajstić information content (AvgIpc) is 2.76. The Kier molecular flexibility index (Phi) is 4.64. The molecule has 0 unspecified atom stereocenters. The van der Waals surface area contributed by atoms with Crippen molar-refractivity contribution in [2.75, 3.05) is 10.6 Å². The van der Waals surface area contributed by atoms with E-state index < -0.39 is 0 Å². The third kappa shape index (κ3) is 3.44. The number of hydrogen-bond acceptors (Lipinski definition) is 6. The zero-order valence-electron chi connectivity index (χ0n) is 14.8. The number of pyridine rings is 2. The van der Waals surface area contributed by atoms with Gasteiger partial charge in [0.1, 0.15) is 11.6 Å². The van der Waals surface area contributed by atoms with E-state index >= 15 is 0 Å². The first-order chi connectivity index (χ1) is 13.9. The van der Waals surface area contributed by atoms with E-state index in [0.29, 0.717) is 0 Å². The lowest BCUT2D eigenvalue weighted by atomic mass is 10.3. The molecule has 0 atom stereocenters. The van der Waals surface area contributed by atoms with Crippen LogP contribution in [0, 0.1) is 0 Å². The standard InChI is InChI=1S/2C11H8N2S/c2*1-2-5-9-8(4-1)13-11-10(14-9)6-3-7-12-11/h2*1-7H,(H,12,13). The van der Waals surface area contributed by atoms with Crippen LogP contribution in [-0.4, -0.2) is 9.97 Å². The Balaban J connectivity index is 0.000000122. The van der Waals surface area contributed by atoms with Gasteiger partial charge in [-0.2, -0.15) is 0 Å². The number of nitrogens with zero attached hydrogens (tertiary/aromatic N) is 2. The Labute approximate surface area is 171 Å². The van der Waals surface area contributed by atoms with Crippen molar-refractivity contribution in [3.8, 4) is 0 Å². The number of fused-ring (bicyclic) bond motifs is 4. The van der Waals surface area contributed by atoms with Crippen molar-refractivity contribution in [3.05, 3.63) is 85.2 Å². The molecule has 2 aromatic heterocycles. The molecule has 0 saturated carbocycles. The summed E-state index contributed by atoms with van der Waals surface area (Å²) in [5.74, 6) is 1.91. The molecule has 0 spiro atoms. The highest BCUT2D eigenvalue weighted by Crippen LogP contribution is 2.43. The highest BCUT2D eigenvalue weighted by molar-refractivity contribution is 8.00. The van der Waals surface area contributed by atoms with Crippen LogP contribution < -0.4 is 10.6 Å². The zero-order chi connectivity index (χ0) is 18.8. The van der Waals surface area contributed by atoms with Crippen molar-refractivity contribution in [1.82, 2.24) is 9.97 Å². The molecule has 0 fully saturated rings. The zero-order valence-corrected chi connectivity index (χ0v) is 16.4. The molecule has 4 heterocycles. The van der Waals surface area contributed by atoms with E-state index in [2.05, 4.69) is 69.1 Å². The van der Waals surface area contributed by atoms with Gasteiger partial charge in [-0.25, -0.2) is 9.97 Å². The molecular formula is C22H16N4S2. The minimum Gasteiger partial charge on any atom is -0.338 e. The summed E-state index contributed by atoms with van der Waals surface area (Å²) < 4.78 is 0. The molecule has 6 heteroatoms. The molecule has 0 radical (unpaired) electrons. The summed E-state index contributed by atoms with van der Waals surface area (Å²) in [7, 11) is 0. The normalized spacial score (nSPS) is 12.6. The molecule has 0 saturated heterocycles. The van der Waals surface area contributed by atoms with Gasteiger partial charge in [0.25, 0.3) is 0 Å². The molecule has 0 amide bonds. The summed E-state index contributed by atoms with van der Waals surface area (Å²) in [4.78, 5) is 13.5. The number of anilines is 4. The van der Waals surface area contributed by atoms with Gasteiger partial charge in [-0.15, -0.1) is 0 Å². The maximum Gasteiger partial charge on any atom is 0.144 e. The monoisotopic (exact) mass is 400 g/mol. The molecule has 2 aromatic carbocycles. The number of nitrogens with one attached hydrogen (secondary N) is 2. The van der Waals surface area contributed by atoms with Gasteiger partial charge < -0.3 is 10.6 Å². The summed E-state index contributed by atoms with van der Waals surface area (Å²) in [5.41, 5.74) is 2.28. The summed E-state index contributed by atoms with van der Waals surface area (Å²) in [6.45, 7) is 0. The summed E-state index contributed by atoms with van der Waals surface area (Å²) >= 11 is 3.51. The molecule has 2 aliphatic rings. The van der Waals surface area contributed by atoms with Gasteiger partial charge in [-0.3, -0.25) is 0 Å². The Hall–Kier alpha value is -2.96. The van der Waals surface area contributed by atoms with Gasteiger partial charge in [0.15, 0.2) is 0 Å². The van der Waals surface area contributed by atoms with E-state index in [1.54, 1.807) is 35.9 Å². The fourth-order valence-corrected chi connectivity index (χ4v) is 4.86. The molecule has 4 aromatic rings. The van der Waals surface area contributed by atoms with E-state index in [4.69, 9.17) is 0 Å². The first-order valence-corrected chi connectivity index (χ1v) is 10.5. The van der Waals surface area contributed by atoms with Gasteiger partial charge in [-0.1, -0.05) is 47.8 Å². The van der Waals surface area contributed by atoms with Crippen LogP contribution >= 0.6 is 23.5 Å². The molecule has 2 aliphatic heterocycles. The number of aromatic nitrogens is 2. The first kappa shape index (κ1) is 17.2. The van der Waals surface area contributed by atoms with Crippen LogP contribution in [0.3, 0.4) is 0 Å². The lowest BCUT2D eigenvalue weighted by Crippen LogP contribution is -2.00. The SMILES string of the molecule is c1ccc2c(c1)Nc1ncccc1S2.c1ccc2c(c1)Nc1ncccc1S2. The average molecular weight is 401 g/mol. The van der Waals surface area contributed by atoms with Crippen molar-refractivity contribution in [3.63, 3.8) is 0 Å². The fraction of sp³-hybridized carbons (Fsp3) is 0.